The molecule has 0 saturated heterocycles. The number of hydrogen-bond acceptors (Lipinski definition) is 4. The summed E-state index contributed by atoms with van der Waals surface area (Å²) in [7, 11) is 1.48. The second kappa shape index (κ2) is 4.83. The van der Waals surface area contributed by atoms with Gasteiger partial charge in [0.2, 0.25) is 0 Å². The highest BCUT2D eigenvalue weighted by atomic mass is 16.5. The molecule has 18 heavy (non-hydrogen) atoms. The highest BCUT2D eigenvalue weighted by Crippen LogP contribution is 2.26. The zero-order chi connectivity index (χ0) is 13.1. The Bertz CT molecular complexity index is 588. The molecule has 92 valence electrons. The zero-order valence-electron chi connectivity index (χ0n) is 10.1. The first kappa shape index (κ1) is 12.0. The molecular formula is C13H12N2O3. The van der Waals surface area contributed by atoms with Crippen molar-refractivity contribution < 1.29 is 14.1 Å². The van der Waals surface area contributed by atoms with Gasteiger partial charge in [-0.1, -0.05) is 35.5 Å². The van der Waals surface area contributed by atoms with Gasteiger partial charge in [-0.3, -0.25) is 9.59 Å². The molecular weight excluding hydrogens is 232 g/mol. The van der Waals surface area contributed by atoms with Gasteiger partial charge in [-0.25, -0.2) is 0 Å². The third-order valence-corrected chi connectivity index (χ3v) is 2.52. The number of carbonyl (C=O) groups is 2. The van der Waals surface area contributed by atoms with Crippen LogP contribution >= 0.6 is 0 Å². The molecule has 0 unspecified atom stereocenters. The molecule has 0 spiro atoms. The Hall–Kier alpha value is -2.43. The van der Waals surface area contributed by atoms with E-state index in [1.165, 1.54) is 14.0 Å². The third kappa shape index (κ3) is 2.02. The molecule has 0 radical (unpaired) electrons. The van der Waals surface area contributed by atoms with Crippen molar-refractivity contribution in [3.05, 3.63) is 41.6 Å². The minimum atomic E-state index is -0.439. The molecule has 0 aliphatic carbocycles. The molecule has 5 heteroatoms. The smallest absolute Gasteiger partial charge is 0.274 e. The van der Waals surface area contributed by atoms with Crippen LogP contribution in [0.4, 0.5) is 0 Å². The Morgan fingerprint density at radius 2 is 1.89 bits per heavy atom. The van der Waals surface area contributed by atoms with Crippen LogP contribution in [0.1, 0.15) is 27.8 Å². The van der Waals surface area contributed by atoms with Gasteiger partial charge in [0.15, 0.2) is 17.2 Å². The minimum Gasteiger partial charge on any atom is -0.355 e. The summed E-state index contributed by atoms with van der Waals surface area (Å²) in [6.07, 6.45) is 0. The van der Waals surface area contributed by atoms with Crippen LogP contribution in [0.25, 0.3) is 11.3 Å². The molecule has 0 aliphatic heterocycles. The molecule has 1 N–H and O–H groups in total. The van der Waals surface area contributed by atoms with E-state index in [9.17, 15) is 9.59 Å². The lowest BCUT2D eigenvalue weighted by Gasteiger charge is -1.99. The molecule has 2 aromatic rings. The number of hydrogen-bond donors (Lipinski definition) is 1. The molecule has 5 nitrogen and oxygen atoms in total. The van der Waals surface area contributed by atoms with Gasteiger partial charge >= 0.3 is 0 Å². The number of rotatable bonds is 3. The number of Topliss-reactive ketones (excluding diaryl/α,β-unsaturated/α-hetero) is 1. The van der Waals surface area contributed by atoms with Crippen LogP contribution < -0.4 is 5.32 Å². The fraction of sp³-hybridized carbons (Fsp3) is 0.154. The monoisotopic (exact) mass is 244 g/mol. The number of benzene rings is 1. The number of amides is 1. The Balaban J connectivity index is 2.60. The van der Waals surface area contributed by atoms with Crippen molar-refractivity contribution in [2.75, 3.05) is 7.05 Å². The van der Waals surface area contributed by atoms with Crippen molar-refractivity contribution in [3.8, 4) is 11.3 Å². The standard InChI is InChI=1S/C13H12N2O3/c1-8(16)10-11(13(17)14-2)15-18-12(10)9-6-4-3-5-7-9/h3-7H,1-2H3,(H,14,17). The molecule has 1 amide bonds. The zero-order valence-corrected chi connectivity index (χ0v) is 10.1. The number of aromatic nitrogens is 1. The van der Waals surface area contributed by atoms with E-state index in [2.05, 4.69) is 10.5 Å². The lowest BCUT2D eigenvalue weighted by molar-refractivity contribution is 0.0940. The molecule has 1 heterocycles. The van der Waals surface area contributed by atoms with Crippen molar-refractivity contribution in [1.82, 2.24) is 10.5 Å². The van der Waals surface area contributed by atoms with Crippen molar-refractivity contribution in [3.63, 3.8) is 0 Å². The Morgan fingerprint density at radius 1 is 1.22 bits per heavy atom. The predicted octanol–water partition coefficient (Wildman–Crippen LogP) is 1.90. The van der Waals surface area contributed by atoms with E-state index in [-0.39, 0.29) is 17.0 Å². The van der Waals surface area contributed by atoms with Gasteiger partial charge in [-0.2, -0.15) is 0 Å². The molecule has 1 aromatic carbocycles. The lowest BCUT2D eigenvalue weighted by atomic mass is 10.0. The molecule has 0 saturated carbocycles. The van der Waals surface area contributed by atoms with Crippen molar-refractivity contribution in [2.24, 2.45) is 0 Å². The van der Waals surface area contributed by atoms with Crippen LogP contribution in [0.3, 0.4) is 0 Å². The van der Waals surface area contributed by atoms with Gasteiger partial charge in [0.05, 0.1) is 5.56 Å². The number of nitrogens with one attached hydrogen (secondary N) is 1. The Labute approximate surface area is 104 Å². The lowest BCUT2D eigenvalue weighted by Crippen LogP contribution is -2.20. The number of carbonyl (C=O) groups excluding carboxylic acids is 2. The second-order valence-corrected chi connectivity index (χ2v) is 3.74. The molecule has 0 fully saturated rings. The second-order valence-electron chi connectivity index (χ2n) is 3.74. The predicted molar refractivity (Wildman–Crippen MR) is 65.3 cm³/mol. The normalized spacial score (nSPS) is 10.1. The quantitative estimate of drug-likeness (QED) is 0.837. The summed E-state index contributed by atoms with van der Waals surface area (Å²) in [5.74, 6) is -0.374. The minimum absolute atomic E-state index is 0.0175. The summed E-state index contributed by atoms with van der Waals surface area (Å²) < 4.78 is 5.13. The highest BCUT2D eigenvalue weighted by Gasteiger charge is 2.25. The maximum Gasteiger partial charge on any atom is 0.274 e. The number of ketones is 1. The Kier molecular flexibility index (Phi) is 3.23. The average Bonchev–Trinajstić information content (AvgIpc) is 2.83. The molecule has 1 aromatic heterocycles. The topological polar surface area (TPSA) is 72.2 Å². The summed E-state index contributed by atoms with van der Waals surface area (Å²) in [5.41, 5.74) is 0.940. The van der Waals surface area contributed by atoms with E-state index >= 15 is 0 Å². The number of nitrogens with zero attached hydrogens (tertiary/aromatic N) is 1. The molecule has 0 aliphatic rings. The van der Waals surface area contributed by atoms with Gasteiger partial charge in [-0.05, 0) is 6.92 Å². The van der Waals surface area contributed by atoms with Crippen LogP contribution in [0.5, 0.6) is 0 Å². The first-order chi connectivity index (χ1) is 8.65. The fourth-order valence-electron chi connectivity index (χ4n) is 1.68. The van der Waals surface area contributed by atoms with Gasteiger partial charge < -0.3 is 9.84 Å². The van der Waals surface area contributed by atoms with Gasteiger partial charge in [0.1, 0.15) is 0 Å². The molecule has 0 bridgehead atoms. The maximum atomic E-state index is 11.7. The SMILES string of the molecule is CNC(=O)c1noc(-c2ccccc2)c1C(C)=O. The van der Waals surface area contributed by atoms with Crippen LogP contribution in [-0.4, -0.2) is 23.9 Å². The van der Waals surface area contributed by atoms with Crippen LogP contribution in [-0.2, 0) is 0 Å². The summed E-state index contributed by atoms with van der Waals surface area (Å²) in [6.45, 7) is 1.38. The van der Waals surface area contributed by atoms with Crippen LogP contribution in [0.2, 0.25) is 0 Å². The first-order valence-corrected chi connectivity index (χ1v) is 5.43. The summed E-state index contributed by atoms with van der Waals surface area (Å²) in [4.78, 5) is 23.3. The molecule has 0 atom stereocenters. The summed E-state index contributed by atoms with van der Waals surface area (Å²) >= 11 is 0. The van der Waals surface area contributed by atoms with E-state index in [0.29, 0.717) is 11.3 Å². The Morgan fingerprint density at radius 3 is 2.44 bits per heavy atom. The van der Waals surface area contributed by atoms with Gasteiger partial charge in [0.25, 0.3) is 5.91 Å². The highest BCUT2D eigenvalue weighted by molar-refractivity contribution is 6.09. The van der Waals surface area contributed by atoms with E-state index < -0.39 is 5.91 Å². The van der Waals surface area contributed by atoms with Crippen molar-refractivity contribution in [1.29, 1.82) is 0 Å². The summed E-state index contributed by atoms with van der Waals surface area (Å²) in [5, 5.41) is 6.10. The van der Waals surface area contributed by atoms with E-state index in [4.69, 9.17) is 4.52 Å². The van der Waals surface area contributed by atoms with Gasteiger partial charge in [0, 0.05) is 12.6 Å². The van der Waals surface area contributed by atoms with Crippen LogP contribution in [0, 0.1) is 0 Å². The largest absolute Gasteiger partial charge is 0.355 e. The summed E-state index contributed by atoms with van der Waals surface area (Å²) in [6, 6.07) is 9.08. The van der Waals surface area contributed by atoms with Crippen molar-refractivity contribution >= 4 is 11.7 Å². The van der Waals surface area contributed by atoms with E-state index in [1.54, 1.807) is 12.1 Å². The molecule has 2 rings (SSSR count). The van der Waals surface area contributed by atoms with Gasteiger partial charge in [-0.15, -0.1) is 0 Å². The average molecular weight is 244 g/mol. The maximum absolute atomic E-state index is 11.7. The van der Waals surface area contributed by atoms with E-state index in [0.717, 1.165) is 0 Å². The van der Waals surface area contributed by atoms with E-state index in [1.807, 2.05) is 18.2 Å². The fourth-order valence-corrected chi connectivity index (χ4v) is 1.68. The van der Waals surface area contributed by atoms with Crippen LogP contribution in [0.15, 0.2) is 34.9 Å². The third-order valence-electron chi connectivity index (χ3n) is 2.52. The first-order valence-electron chi connectivity index (χ1n) is 5.43. The van der Waals surface area contributed by atoms with Crippen molar-refractivity contribution in [2.45, 2.75) is 6.92 Å².